The summed E-state index contributed by atoms with van der Waals surface area (Å²) >= 11 is 5.18. The molecular weight excluding hydrogens is 554 g/mol. The van der Waals surface area contributed by atoms with E-state index in [2.05, 4.69) is 111 Å². The number of anilines is 1. The SMILES string of the molecule is C[C@H]1CCCC[C@H]1N1C(=O)/C(=C/c2cn(Cc3ccc(Br)cc3)c3ccccc23)SC1Nc1ccccc1. The van der Waals surface area contributed by atoms with Gasteiger partial charge in [0.15, 0.2) is 5.50 Å². The second-order valence-electron chi connectivity index (χ2n) is 10.4. The van der Waals surface area contributed by atoms with Crippen LogP contribution in [-0.2, 0) is 11.3 Å². The van der Waals surface area contributed by atoms with Crippen LogP contribution in [0.15, 0.2) is 94.4 Å². The van der Waals surface area contributed by atoms with Gasteiger partial charge in [0.1, 0.15) is 0 Å². The molecule has 1 N–H and O–H groups in total. The summed E-state index contributed by atoms with van der Waals surface area (Å²) in [7, 11) is 0. The summed E-state index contributed by atoms with van der Waals surface area (Å²) in [6, 6.07) is 27.4. The number of carbonyl (C=O) groups excluding carboxylic acids is 1. The van der Waals surface area contributed by atoms with Gasteiger partial charge in [-0.05, 0) is 60.7 Å². The Hall–Kier alpha value is -2.96. The molecule has 6 rings (SSSR count). The van der Waals surface area contributed by atoms with Gasteiger partial charge in [0.05, 0.1) is 4.91 Å². The molecule has 3 atom stereocenters. The molecule has 3 aromatic carbocycles. The van der Waals surface area contributed by atoms with Gasteiger partial charge in [-0.25, -0.2) is 0 Å². The maximum Gasteiger partial charge on any atom is 0.262 e. The van der Waals surface area contributed by atoms with Gasteiger partial charge < -0.3 is 14.8 Å². The average Bonchev–Trinajstić information content (AvgIpc) is 3.43. The van der Waals surface area contributed by atoms with Crippen molar-refractivity contribution in [2.45, 2.75) is 50.7 Å². The highest BCUT2D eigenvalue weighted by Gasteiger charge is 2.43. The van der Waals surface area contributed by atoms with E-state index in [4.69, 9.17) is 0 Å². The maximum atomic E-state index is 14.0. The summed E-state index contributed by atoms with van der Waals surface area (Å²) in [5.41, 5.74) is 4.43. The van der Waals surface area contributed by atoms with Crippen LogP contribution in [0.5, 0.6) is 0 Å². The Labute approximate surface area is 237 Å². The second-order valence-corrected chi connectivity index (χ2v) is 12.4. The summed E-state index contributed by atoms with van der Waals surface area (Å²) in [6.45, 7) is 3.08. The number of hydrogen-bond acceptors (Lipinski definition) is 3. The number of thioether (sulfide) groups is 1. The molecule has 1 amide bonds. The lowest BCUT2D eigenvalue weighted by Crippen LogP contribution is -2.48. The monoisotopic (exact) mass is 585 g/mol. The molecule has 0 spiro atoms. The Bertz CT molecular complexity index is 1460. The van der Waals surface area contributed by atoms with Crippen LogP contribution < -0.4 is 5.32 Å². The standard InChI is InChI=1S/C32H32BrN3OS/c1-22-9-5-7-13-28(22)36-31(37)30(38-32(36)34-26-10-3-2-4-11-26)19-24-21-35(29-14-8-6-12-27(24)29)20-23-15-17-25(33)18-16-23/h2-4,6,8,10-12,14-19,21-22,28,32,34H,5,7,9,13,20H2,1H3/b30-19-/t22-,28+,32?/m0/s1. The Balaban J connectivity index is 1.35. The van der Waals surface area contributed by atoms with Crippen molar-refractivity contribution in [3.05, 3.63) is 106 Å². The Morgan fingerprint density at radius 3 is 2.50 bits per heavy atom. The minimum atomic E-state index is -0.113. The lowest BCUT2D eigenvalue weighted by atomic mass is 9.85. The maximum absolute atomic E-state index is 14.0. The number of carbonyl (C=O) groups is 1. The lowest BCUT2D eigenvalue weighted by Gasteiger charge is -2.39. The third-order valence-corrected chi connectivity index (χ3v) is 9.44. The van der Waals surface area contributed by atoms with Crippen molar-refractivity contribution in [1.29, 1.82) is 0 Å². The topological polar surface area (TPSA) is 37.3 Å². The Morgan fingerprint density at radius 2 is 1.71 bits per heavy atom. The summed E-state index contributed by atoms with van der Waals surface area (Å²) in [5.74, 6) is 0.646. The molecule has 6 heteroatoms. The normalized spacial score (nSPS) is 22.9. The number of amides is 1. The van der Waals surface area contributed by atoms with Crippen LogP contribution in [0.4, 0.5) is 5.69 Å². The molecule has 1 saturated heterocycles. The van der Waals surface area contributed by atoms with Crippen LogP contribution in [0.25, 0.3) is 17.0 Å². The molecule has 1 aliphatic carbocycles. The number of halogens is 1. The van der Waals surface area contributed by atoms with E-state index in [9.17, 15) is 4.79 Å². The summed E-state index contributed by atoms with van der Waals surface area (Å²) in [4.78, 5) is 16.9. The number of para-hydroxylation sites is 2. The fraction of sp³-hybridized carbons (Fsp3) is 0.281. The Morgan fingerprint density at radius 1 is 0.974 bits per heavy atom. The van der Waals surface area contributed by atoms with Gasteiger partial charge in [-0.2, -0.15) is 0 Å². The minimum absolute atomic E-state index is 0.113. The van der Waals surface area contributed by atoms with E-state index in [1.807, 2.05) is 18.2 Å². The van der Waals surface area contributed by atoms with Crippen molar-refractivity contribution < 1.29 is 4.79 Å². The second kappa shape index (κ2) is 11.0. The molecule has 38 heavy (non-hydrogen) atoms. The number of nitrogens with zero attached hydrogens (tertiary/aromatic N) is 2. The minimum Gasteiger partial charge on any atom is -0.356 e. The number of nitrogens with one attached hydrogen (secondary N) is 1. The average molecular weight is 587 g/mol. The highest BCUT2D eigenvalue weighted by molar-refractivity contribution is 9.10. The van der Waals surface area contributed by atoms with E-state index in [-0.39, 0.29) is 17.4 Å². The number of hydrogen-bond donors (Lipinski definition) is 1. The van der Waals surface area contributed by atoms with Crippen LogP contribution in [0.3, 0.4) is 0 Å². The smallest absolute Gasteiger partial charge is 0.262 e. The molecule has 1 unspecified atom stereocenters. The van der Waals surface area contributed by atoms with Crippen molar-refractivity contribution in [1.82, 2.24) is 9.47 Å². The van der Waals surface area contributed by atoms with Crippen molar-refractivity contribution in [3.8, 4) is 0 Å². The van der Waals surface area contributed by atoms with E-state index in [1.54, 1.807) is 11.8 Å². The van der Waals surface area contributed by atoms with E-state index >= 15 is 0 Å². The molecule has 4 nitrogen and oxygen atoms in total. The van der Waals surface area contributed by atoms with Crippen LogP contribution in [0.1, 0.15) is 43.7 Å². The summed E-state index contributed by atoms with van der Waals surface area (Å²) in [5, 5.41) is 4.82. The van der Waals surface area contributed by atoms with Crippen LogP contribution in [0.2, 0.25) is 0 Å². The molecule has 194 valence electrons. The largest absolute Gasteiger partial charge is 0.356 e. The summed E-state index contributed by atoms with van der Waals surface area (Å²) < 4.78 is 3.37. The van der Waals surface area contributed by atoms with Gasteiger partial charge >= 0.3 is 0 Å². The van der Waals surface area contributed by atoms with E-state index < -0.39 is 0 Å². The van der Waals surface area contributed by atoms with E-state index in [0.29, 0.717) is 5.92 Å². The molecule has 0 bridgehead atoms. The van der Waals surface area contributed by atoms with Gasteiger partial charge in [0, 0.05) is 45.4 Å². The van der Waals surface area contributed by atoms with Crippen molar-refractivity contribution in [2.24, 2.45) is 5.92 Å². The zero-order valence-electron chi connectivity index (χ0n) is 21.5. The van der Waals surface area contributed by atoms with Gasteiger partial charge in [-0.3, -0.25) is 4.79 Å². The molecule has 1 saturated carbocycles. The first kappa shape index (κ1) is 25.3. The number of rotatable bonds is 6. The third kappa shape index (κ3) is 5.16. The van der Waals surface area contributed by atoms with Crippen LogP contribution in [-0.4, -0.2) is 26.9 Å². The fourth-order valence-electron chi connectivity index (χ4n) is 5.82. The zero-order valence-corrected chi connectivity index (χ0v) is 23.9. The molecule has 2 aliphatic rings. The number of fused-ring (bicyclic) bond motifs is 1. The van der Waals surface area contributed by atoms with Crippen molar-refractivity contribution in [2.75, 3.05) is 5.32 Å². The highest BCUT2D eigenvalue weighted by atomic mass is 79.9. The predicted octanol–water partition coefficient (Wildman–Crippen LogP) is 8.34. The van der Waals surface area contributed by atoms with E-state index in [1.165, 1.54) is 35.7 Å². The first-order valence-electron chi connectivity index (χ1n) is 13.4. The molecule has 1 aliphatic heterocycles. The number of aromatic nitrogens is 1. The van der Waals surface area contributed by atoms with Crippen molar-refractivity contribution in [3.63, 3.8) is 0 Å². The van der Waals surface area contributed by atoms with E-state index in [0.717, 1.165) is 33.6 Å². The summed E-state index contributed by atoms with van der Waals surface area (Å²) in [6.07, 6.45) is 8.99. The van der Waals surface area contributed by atoms with Gasteiger partial charge in [-0.1, -0.05) is 96.0 Å². The lowest BCUT2D eigenvalue weighted by molar-refractivity contribution is -0.129. The fourth-order valence-corrected chi connectivity index (χ4v) is 7.28. The van der Waals surface area contributed by atoms with Crippen LogP contribution >= 0.6 is 27.7 Å². The first-order chi connectivity index (χ1) is 18.6. The quantitative estimate of drug-likeness (QED) is 0.231. The van der Waals surface area contributed by atoms with Crippen molar-refractivity contribution >= 4 is 56.3 Å². The molecular formula is C32H32BrN3OS. The number of benzene rings is 3. The highest BCUT2D eigenvalue weighted by Crippen LogP contribution is 2.42. The third-order valence-electron chi connectivity index (χ3n) is 7.80. The molecule has 0 radical (unpaired) electrons. The molecule has 4 aromatic rings. The molecule has 2 heterocycles. The van der Waals surface area contributed by atoms with Gasteiger partial charge in [-0.15, -0.1) is 0 Å². The Kier molecular flexibility index (Phi) is 7.35. The predicted molar refractivity (Wildman–Crippen MR) is 163 cm³/mol. The van der Waals surface area contributed by atoms with Crippen LogP contribution in [0, 0.1) is 5.92 Å². The molecule has 2 fully saturated rings. The first-order valence-corrected chi connectivity index (χ1v) is 15.1. The van der Waals surface area contributed by atoms with Gasteiger partial charge in [0.2, 0.25) is 0 Å². The zero-order chi connectivity index (χ0) is 26.1. The van der Waals surface area contributed by atoms with Gasteiger partial charge in [0.25, 0.3) is 5.91 Å². The molecule has 1 aromatic heterocycles.